The molecule has 0 saturated heterocycles. The third-order valence-corrected chi connectivity index (χ3v) is 3.79. The lowest BCUT2D eigenvalue weighted by Gasteiger charge is -2.22. The monoisotopic (exact) mass is 328 g/mol. The van der Waals surface area contributed by atoms with Crippen LogP contribution in [0.4, 0.5) is 0 Å². The summed E-state index contributed by atoms with van der Waals surface area (Å²) in [6, 6.07) is 20.9. The van der Waals surface area contributed by atoms with Gasteiger partial charge in [-0.1, -0.05) is 58.4 Å². The van der Waals surface area contributed by atoms with Crippen molar-refractivity contribution in [2.75, 3.05) is 0 Å². The number of nitrogens with zero attached hydrogens (tertiary/aromatic N) is 1. The Morgan fingerprint density at radius 3 is 2.45 bits per heavy atom. The first-order chi connectivity index (χ1) is 9.70. The molecule has 2 aromatic rings. The van der Waals surface area contributed by atoms with Gasteiger partial charge in [0.25, 0.3) is 0 Å². The van der Waals surface area contributed by atoms with E-state index in [0.29, 0.717) is 6.42 Å². The Morgan fingerprint density at radius 2 is 1.80 bits per heavy atom. The molecule has 0 fully saturated rings. The Morgan fingerprint density at radius 1 is 1.10 bits per heavy atom. The molecule has 3 heteroatoms. The summed E-state index contributed by atoms with van der Waals surface area (Å²) in [7, 11) is 0. The normalized spacial score (nSPS) is 13.4. The van der Waals surface area contributed by atoms with Crippen LogP contribution in [0.5, 0.6) is 0 Å². The van der Waals surface area contributed by atoms with E-state index in [4.69, 9.17) is 5.26 Å². The molecule has 0 spiro atoms. The van der Waals surface area contributed by atoms with Crippen molar-refractivity contribution >= 4 is 15.9 Å². The number of nitrogens with one attached hydrogen (secondary N) is 1. The Bertz CT molecular complexity index is 589. The zero-order chi connectivity index (χ0) is 14.4. The molecule has 20 heavy (non-hydrogen) atoms. The summed E-state index contributed by atoms with van der Waals surface area (Å²) in [6.45, 7) is 2.12. The van der Waals surface area contributed by atoms with Crippen molar-refractivity contribution in [1.29, 1.82) is 5.26 Å². The number of hydrogen-bond acceptors (Lipinski definition) is 2. The number of benzene rings is 2. The highest BCUT2D eigenvalue weighted by atomic mass is 79.9. The van der Waals surface area contributed by atoms with Crippen LogP contribution in [0.25, 0.3) is 0 Å². The highest BCUT2D eigenvalue weighted by Crippen LogP contribution is 2.23. The zero-order valence-corrected chi connectivity index (χ0v) is 13.0. The van der Waals surface area contributed by atoms with Crippen LogP contribution in [0.1, 0.15) is 36.6 Å². The number of nitriles is 1. The average Bonchev–Trinajstić information content (AvgIpc) is 2.47. The molecule has 2 nitrogen and oxygen atoms in total. The highest BCUT2D eigenvalue weighted by Gasteiger charge is 2.15. The molecular weight excluding hydrogens is 312 g/mol. The first kappa shape index (κ1) is 14.8. The lowest BCUT2D eigenvalue weighted by Crippen LogP contribution is -2.24. The summed E-state index contributed by atoms with van der Waals surface area (Å²) in [5.74, 6) is 0. The molecule has 0 aliphatic carbocycles. The van der Waals surface area contributed by atoms with E-state index >= 15 is 0 Å². The molecule has 2 rings (SSSR count). The van der Waals surface area contributed by atoms with Crippen molar-refractivity contribution < 1.29 is 0 Å². The SMILES string of the molecule is C[C@@H](NC(CC#N)c1ccccc1)c1cccc(Br)c1. The Hall–Kier alpha value is -1.63. The second kappa shape index (κ2) is 7.23. The molecule has 0 aliphatic rings. The Labute approximate surface area is 128 Å². The predicted octanol–water partition coefficient (Wildman–Crippen LogP) is 4.75. The predicted molar refractivity (Wildman–Crippen MR) is 85.1 cm³/mol. The van der Waals surface area contributed by atoms with Crippen LogP contribution in [-0.4, -0.2) is 0 Å². The fourth-order valence-corrected chi connectivity index (χ4v) is 2.64. The van der Waals surface area contributed by atoms with Crippen molar-refractivity contribution in [1.82, 2.24) is 5.32 Å². The minimum atomic E-state index is 0.0511. The molecule has 0 bridgehead atoms. The molecule has 0 saturated carbocycles. The molecule has 0 amide bonds. The van der Waals surface area contributed by atoms with Crippen molar-refractivity contribution in [3.63, 3.8) is 0 Å². The molecular formula is C17H17BrN2. The number of hydrogen-bond donors (Lipinski definition) is 1. The van der Waals surface area contributed by atoms with Gasteiger partial charge >= 0.3 is 0 Å². The Kier molecular flexibility index (Phi) is 5.34. The van der Waals surface area contributed by atoms with Gasteiger partial charge in [0.1, 0.15) is 0 Å². The molecule has 102 valence electrons. The zero-order valence-electron chi connectivity index (χ0n) is 11.4. The lowest BCUT2D eigenvalue weighted by atomic mass is 10.0. The van der Waals surface area contributed by atoms with E-state index in [1.54, 1.807) is 0 Å². The third kappa shape index (κ3) is 3.93. The van der Waals surface area contributed by atoms with Crippen molar-refractivity contribution in [2.45, 2.75) is 25.4 Å². The van der Waals surface area contributed by atoms with Gasteiger partial charge in [0.15, 0.2) is 0 Å². The number of rotatable bonds is 5. The minimum absolute atomic E-state index is 0.0511. The van der Waals surface area contributed by atoms with E-state index in [9.17, 15) is 0 Å². The summed E-state index contributed by atoms with van der Waals surface area (Å²) in [5.41, 5.74) is 2.36. The smallest absolute Gasteiger partial charge is 0.0641 e. The van der Waals surface area contributed by atoms with Gasteiger partial charge in [-0.25, -0.2) is 0 Å². The highest BCUT2D eigenvalue weighted by molar-refractivity contribution is 9.10. The van der Waals surface area contributed by atoms with E-state index in [1.807, 2.05) is 30.3 Å². The van der Waals surface area contributed by atoms with E-state index in [1.165, 1.54) is 5.56 Å². The standard InChI is InChI=1S/C17H17BrN2/c1-13(15-8-5-9-16(18)12-15)20-17(10-11-19)14-6-3-2-4-7-14/h2-9,12-13,17,20H,10H2,1H3/t13-,17?/m1/s1. The van der Waals surface area contributed by atoms with Gasteiger partial charge in [0.2, 0.25) is 0 Å². The summed E-state index contributed by atoms with van der Waals surface area (Å²) in [4.78, 5) is 0. The van der Waals surface area contributed by atoms with Gasteiger partial charge in [0.05, 0.1) is 12.5 Å². The maximum absolute atomic E-state index is 9.03. The second-order valence-corrected chi connectivity index (χ2v) is 5.68. The molecule has 1 unspecified atom stereocenters. The van der Waals surface area contributed by atoms with E-state index < -0.39 is 0 Å². The van der Waals surface area contributed by atoms with Crippen LogP contribution >= 0.6 is 15.9 Å². The maximum Gasteiger partial charge on any atom is 0.0641 e. The fraction of sp³-hybridized carbons (Fsp3) is 0.235. The van der Waals surface area contributed by atoms with Crippen molar-refractivity contribution in [2.24, 2.45) is 0 Å². The lowest BCUT2D eigenvalue weighted by molar-refractivity contribution is 0.472. The van der Waals surface area contributed by atoms with Crippen LogP contribution in [0.15, 0.2) is 59.1 Å². The van der Waals surface area contributed by atoms with E-state index in [-0.39, 0.29) is 12.1 Å². The quantitative estimate of drug-likeness (QED) is 0.859. The topological polar surface area (TPSA) is 35.8 Å². The van der Waals surface area contributed by atoms with E-state index in [0.717, 1.165) is 10.0 Å². The fourth-order valence-electron chi connectivity index (χ4n) is 2.22. The summed E-state index contributed by atoms with van der Waals surface area (Å²) < 4.78 is 1.07. The van der Waals surface area contributed by atoms with Gasteiger partial charge < -0.3 is 5.32 Å². The van der Waals surface area contributed by atoms with Gasteiger partial charge in [-0.3, -0.25) is 0 Å². The van der Waals surface area contributed by atoms with Crippen LogP contribution in [0.3, 0.4) is 0 Å². The van der Waals surface area contributed by atoms with Gasteiger partial charge in [-0.2, -0.15) is 5.26 Å². The number of halogens is 1. The molecule has 2 aromatic carbocycles. The van der Waals surface area contributed by atoms with Crippen LogP contribution in [-0.2, 0) is 0 Å². The Balaban J connectivity index is 2.14. The maximum atomic E-state index is 9.03. The summed E-state index contributed by atoms with van der Waals surface area (Å²) in [6.07, 6.45) is 0.461. The summed E-state index contributed by atoms with van der Waals surface area (Å²) in [5, 5.41) is 12.6. The van der Waals surface area contributed by atoms with Crippen LogP contribution in [0.2, 0.25) is 0 Å². The molecule has 0 radical (unpaired) electrons. The first-order valence-corrected chi connectivity index (χ1v) is 7.43. The van der Waals surface area contributed by atoms with Crippen molar-refractivity contribution in [3.05, 3.63) is 70.2 Å². The van der Waals surface area contributed by atoms with Gasteiger partial charge in [0, 0.05) is 16.6 Å². The molecule has 0 aliphatic heterocycles. The molecule has 1 N–H and O–H groups in total. The largest absolute Gasteiger partial charge is 0.302 e. The minimum Gasteiger partial charge on any atom is -0.302 e. The second-order valence-electron chi connectivity index (χ2n) is 4.77. The third-order valence-electron chi connectivity index (χ3n) is 3.30. The van der Waals surface area contributed by atoms with Gasteiger partial charge in [-0.15, -0.1) is 0 Å². The molecule has 0 aromatic heterocycles. The molecule has 2 atom stereocenters. The average molecular weight is 329 g/mol. The molecule has 0 heterocycles. The van der Waals surface area contributed by atoms with Crippen molar-refractivity contribution in [3.8, 4) is 6.07 Å². The first-order valence-electron chi connectivity index (χ1n) is 6.64. The summed E-state index contributed by atoms with van der Waals surface area (Å²) >= 11 is 3.49. The van der Waals surface area contributed by atoms with Crippen LogP contribution in [0, 0.1) is 11.3 Å². The van der Waals surface area contributed by atoms with Gasteiger partial charge in [-0.05, 0) is 30.2 Å². The van der Waals surface area contributed by atoms with Crippen LogP contribution < -0.4 is 5.32 Å². The van der Waals surface area contributed by atoms with E-state index in [2.05, 4.69) is 58.5 Å².